The normalized spacial score (nSPS) is 26.3. The number of rotatable bonds is 2. The van der Waals surface area contributed by atoms with Crippen molar-refractivity contribution in [1.29, 1.82) is 0 Å². The maximum Gasteiger partial charge on any atom is 0.360 e. The highest BCUT2D eigenvalue weighted by atomic mass is 32.2. The predicted octanol–water partition coefficient (Wildman–Crippen LogP) is 2.19. The average molecular weight is 267 g/mol. The third-order valence-electron chi connectivity index (χ3n) is 3.68. The molecule has 1 aliphatic carbocycles. The number of fused-ring (bicyclic) bond motifs is 3. The zero-order chi connectivity index (χ0) is 12.5. The maximum atomic E-state index is 11.8. The van der Waals surface area contributed by atoms with Gasteiger partial charge in [-0.2, -0.15) is 0 Å². The molecule has 0 saturated heterocycles. The van der Waals surface area contributed by atoms with Crippen LogP contribution in [0.5, 0.6) is 0 Å². The number of aromatic nitrogens is 3. The minimum Gasteiger partial charge on any atom is -0.461 e. The highest BCUT2D eigenvalue weighted by Gasteiger charge is 2.36. The van der Waals surface area contributed by atoms with E-state index in [0.29, 0.717) is 23.6 Å². The van der Waals surface area contributed by atoms with E-state index >= 15 is 0 Å². The van der Waals surface area contributed by atoms with Crippen molar-refractivity contribution < 1.29 is 9.53 Å². The first-order valence-electron chi connectivity index (χ1n) is 6.54. The van der Waals surface area contributed by atoms with E-state index in [0.717, 1.165) is 17.9 Å². The molecular weight excluding hydrogens is 250 g/mol. The monoisotopic (exact) mass is 267 g/mol. The molecule has 1 aromatic heterocycles. The first-order valence-corrected chi connectivity index (χ1v) is 7.59. The Morgan fingerprint density at radius 3 is 3.17 bits per heavy atom. The summed E-state index contributed by atoms with van der Waals surface area (Å²) in [6.07, 6.45) is 4.96. The van der Waals surface area contributed by atoms with Crippen LogP contribution in [0.1, 0.15) is 54.8 Å². The Kier molecular flexibility index (Phi) is 3.28. The van der Waals surface area contributed by atoms with Crippen molar-refractivity contribution in [2.24, 2.45) is 0 Å². The van der Waals surface area contributed by atoms with Crippen LogP contribution >= 0.6 is 11.8 Å². The topological polar surface area (TPSA) is 57.0 Å². The van der Waals surface area contributed by atoms with Gasteiger partial charge in [0.1, 0.15) is 0 Å². The van der Waals surface area contributed by atoms with Crippen LogP contribution in [-0.4, -0.2) is 32.8 Å². The minimum atomic E-state index is -0.339. The van der Waals surface area contributed by atoms with E-state index in [2.05, 4.69) is 10.3 Å². The number of ether oxygens (including phenoxy) is 1. The lowest BCUT2D eigenvalue weighted by atomic mass is 9.94. The summed E-state index contributed by atoms with van der Waals surface area (Å²) < 4.78 is 7.00. The van der Waals surface area contributed by atoms with E-state index in [-0.39, 0.29) is 5.97 Å². The van der Waals surface area contributed by atoms with E-state index in [1.807, 2.05) is 16.4 Å². The molecule has 98 valence electrons. The molecule has 1 aliphatic heterocycles. The van der Waals surface area contributed by atoms with Gasteiger partial charge in [-0.1, -0.05) is 18.1 Å². The Morgan fingerprint density at radius 2 is 2.33 bits per heavy atom. The summed E-state index contributed by atoms with van der Waals surface area (Å²) in [6, 6.07) is 0.420. The van der Waals surface area contributed by atoms with Gasteiger partial charge in [0.05, 0.1) is 18.3 Å². The molecule has 0 aromatic carbocycles. The molecule has 0 unspecified atom stereocenters. The van der Waals surface area contributed by atoms with Gasteiger partial charge in [0.15, 0.2) is 5.69 Å². The molecule has 0 amide bonds. The molecule has 0 spiro atoms. The van der Waals surface area contributed by atoms with E-state index in [1.54, 1.807) is 6.92 Å². The maximum absolute atomic E-state index is 11.8. The van der Waals surface area contributed by atoms with Crippen LogP contribution < -0.4 is 0 Å². The van der Waals surface area contributed by atoms with Crippen molar-refractivity contribution in [2.45, 2.75) is 49.7 Å². The molecule has 5 nitrogen and oxygen atoms in total. The molecule has 18 heavy (non-hydrogen) atoms. The number of esters is 1. The van der Waals surface area contributed by atoms with Crippen molar-refractivity contribution in [2.75, 3.05) is 6.61 Å². The van der Waals surface area contributed by atoms with Crippen molar-refractivity contribution in [3.05, 3.63) is 11.4 Å². The van der Waals surface area contributed by atoms with Crippen LogP contribution in [0.3, 0.4) is 0 Å². The zero-order valence-electron chi connectivity index (χ0n) is 10.5. The summed E-state index contributed by atoms with van der Waals surface area (Å²) in [5, 5.41) is 8.87. The SMILES string of the molecule is CCOC(=O)c1nnn2c1CS[C@@H]1CCCC[C@@H]12. The summed E-state index contributed by atoms with van der Waals surface area (Å²) in [4.78, 5) is 11.8. The summed E-state index contributed by atoms with van der Waals surface area (Å²) in [7, 11) is 0. The Hall–Kier alpha value is -1.04. The van der Waals surface area contributed by atoms with Crippen LogP contribution in [0.4, 0.5) is 0 Å². The van der Waals surface area contributed by atoms with Gasteiger partial charge in [-0.3, -0.25) is 0 Å². The number of nitrogens with zero attached hydrogens (tertiary/aromatic N) is 3. The molecule has 0 bridgehead atoms. The largest absolute Gasteiger partial charge is 0.461 e. The first kappa shape index (κ1) is 12.0. The number of hydrogen-bond donors (Lipinski definition) is 0. The summed E-state index contributed by atoms with van der Waals surface area (Å²) in [6.45, 7) is 2.18. The van der Waals surface area contributed by atoms with E-state index in [9.17, 15) is 4.79 Å². The van der Waals surface area contributed by atoms with E-state index in [4.69, 9.17) is 4.74 Å². The number of hydrogen-bond acceptors (Lipinski definition) is 5. The zero-order valence-corrected chi connectivity index (χ0v) is 11.3. The van der Waals surface area contributed by atoms with Gasteiger partial charge < -0.3 is 4.74 Å². The second-order valence-electron chi connectivity index (χ2n) is 4.75. The minimum absolute atomic E-state index is 0.339. The van der Waals surface area contributed by atoms with Crippen LogP contribution in [0.25, 0.3) is 0 Å². The van der Waals surface area contributed by atoms with E-state index in [1.165, 1.54) is 19.3 Å². The van der Waals surface area contributed by atoms with Gasteiger partial charge >= 0.3 is 5.97 Å². The van der Waals surface area contributed by atoms with Gasteiger partial charge in [-0.05, 0) is 19.8 Å². The van der Waals surface area contributed by atoms with E-state index < -0.39 is 0 Å². The second-order valence-corrected chi connectivity index (χ2v) is 5.98. The smallest absolute Gasteiger partial charge is 0.360 e. The summed E-state index contributed by atoms with van der Waals surface area (Å²) in [5.74, 6) is 0.482. The van der Waals surface area contributed by atoms with Crippen molar-refractivity contribution in [3.8, 4) is 0 Å². The van der Waals surface area contributed by atoms with Crippen molar-refractivity contribution >= 4 is 17.7 Å². The fourth-order valence-corrected chi connectivity index (χ4v) is 4.26. The standard InChI is InChI=1S/C12H17N3O2S/c1-2-17-12(16)11-9-7-18-10-6-4-3-5-8(10)15(9)14-13-11/h8,10H,2-7H2,1H3/t8-,10+/m0/s1. The lowest BCUT2D eigenvalue weighted by Gasteiger charge is -2.35. The Morgan fingerprint density at radius 1 is 1.50 bits per heavy atom. The lowest BCUT2D eigenvalue weighted by molar-refractivity contribution is 0.0518. The van der Waals surface area contributed by atoms with Crippen LogP contribution in [0, 0.1) is 0 Å². The van der Waals surface area contributed by atoms with Gasteiger partial charge in [-0.25, -0.2) is 9.48 Å². The fourth-order valence-electron chi connectivity index (χ4n) is 2.81. The number of carbonyl (C=O) groups excluding carboxylic acids is 1. The van der Waals surface area contributed by atoms with Gasteiger partial charge in [0, 0.05) is 11.0 Å². The Bertz CT molecular complexity index is 460. The Labute approximate surface area is 110 Å². The molecule has 2 atom stereocenters. The predicted molar refractivity (Wildman–Crippen MR) is 68.6 cm³/mol. The van der Waals surface area contributed by atoms with Gasteiger partial charge in [-0.15, -0.1) is 16.9 Å². The molecular formula is C12H17N3O2S. The molecule has 1 fully saturated rings. The third-order valence-corrected chi connectivity index (χ3v) is 5.09. The summed E-state index contributed by atoms with van der Waals surface area (Å²) in [5.41, 5.74) is 1.36. The Balaban J connectivity index is 1.90. The number of thioether (sulfide) groups is 1. The lowest BCUT2D eigenvalue weighted by Crippen LogP contribution is -2.31. The molecule has 3 rings (SSSR count). The highest BCUT2D eigenvalue weighted by molar-refractivity contribution is 7.99. The highest BCUT2D eigenvalue weighted by Crippen LogP contribution is 2.42. The van der Waals surface area contributed by atoms with Crippen LogP contribution in [0.15, 0.2) is 0 Å². The van der Waals surface area contributed by atoms with Crippen LogP contribution in [0.2, 0.25) is 0 Å². The molecule has 0 radical (unpaired) electrons. The average Bonchev–Trinajstić information content (AvgIpc) is 2.83. The second kappa shape index (κ2) is 4.91. The molecule has 6 heteroatoms. The molecule has 0 N–H and O–H groups in total. The van der Waals surface area contributed by atoms with Gasteiger partial charge in [0.25, 0.3) is 0 Å². The molecule has 2 aliphatic rings. The van der Waals surface area contributed by atoms with Crippen molar-refractivity contribution in [1.82, 2.24) is 15.0 Å². The third kappa shape index (κ3) is 1.92. The summed E-state index contributed by atoms with van der Waals surface area (Å²) >= 11 is 1.94. The van der Waals surface area contributed by atoms with Crippen LogP contribution in [-0.2, 0) is 10.5 Å². The first-order chi connectivity index (χ1) is 8.81. The fraction of sp³-hybridized carbons (Fsp3) is 0.750. The molecule has 2 heterocycles. The van der Waals surface area contributed by atoms with Crippen molar-refractivity contribution in [3.63, 3.8) is 0 Å². The van der Waals surface area contributed by atoms with Gasteiger partial charge in [0.2, 0.25) is 0 Å². The number of carbonyl (C=O) groups is 1. The quantitative estimate of drug-likeness (QED) is 0.769. The molecule has 1 aromatic rings. The molecule has 1 saturated carbocycles.